The number of nitrogens with one attached hydrogen (secondary N) is 1. The molecule has 0 radical (unpaired) electrons. The average Bonchev–Trinajstić information content (AvgIpc) is 3.24. The minimum absolute atomic E-state index is 0.182. The largest absolute Gasteiger partial charge is 0.321 e. The third-order valence-corrected chi connectivity index (χ3v) is 6.31. The van der Waals surface area contributed by atoms with Crippen LogP contribution in [0.15, 0.2) is 85.3 Å². The minimum atomic E-state index is -0.182. The standard InChI is InChI=1S/C26H23N7/c27-26(13-5-14-26)20-11-9-19(10-12-20)23-22(18-6-2-1-3-7-18)17-33-25(30-23)31-24(32-33)29-21-8-4-15-28-16-21/h1-4,6-12,15-17H,5,13-14,27H2,(H,29,32). The second-order valence-corrected chi connectivity index (χ2v) is 8.50. The summed E-state index contributed by atoms with van der Waals surface area (Å²) in [5, 5.41) is 7.77. The molecule has 0 atom stereocenters. The molecule has 1 saturated carbocycles. The van der Waals surface area contributed by atoms with E-state index in [1.165, 1.54) is 12.0 Å². The maximum atomic E-state index is 6.53. The van der Waals surface area contributed by atoms with E-state index in [9.17, 15) is 0 Å². The molecule has 33 heavy (non-hydrogen) atoms. The number of anilines is 2. The van der Waals surface area contributed by atoms with Gasteiger partial charge in [-0.3, -0.25) is 4.98 Å². The smallest absolute Gasteiger partial charge is 0.254 e. The molecule has 0 amide bonds. The zero-order valence-corrected chi connectivity index (χ0v) is 18.0. The van der Waals surface area contributed by atoms with Crippen molar-refractivity contribution in [3.8, 4) is 22.4 Å². The second kappa shape index (κ2) is 7.79. The molecule has 7 nitrogen and oxygen atoms in total. The van der Waals surface area contributed by atoms with Gasteiger partial charge in [-0.05, 0) is 42.5 Å². The van der Waals surface area contributed by atoms with Crippen molar-refractivity contribution in [2.75, 3.05) is 5.32 Å². The van der Waals surface area contributed by atoms with E-state index in [4.69, 9.17) is 10.7 Å². The number of pyridine rings is 1. The number of fused-ring (bicyclic) bond motifs is 1. The summed E-state index contributed by atoms with van der Waals surface area (Å²) in [6.07, 6.45) is 8.71. The summed E-state index contributed by atoms with van der Waals surface area (Å²) in [7, 11) is 0. The number of benzene rings is 2. The molecule has 7 heteroatoms. The molecule has 6 rings (SSSR count). The number of rotatable bonds is 5. The van der Waals surface area contributed by atoms with Crippen molar-refractivity contribution in [2.24, 2.45) is 5.73 Å². The van der Waals surface area contributed by atoms with Gasteiger partial charge in [-0.25, -0.2) is 9.50 Å². The summed E-state index contributed by atoms with van der Waals surface area (Å²) in [6, 6.07) is 22.5. The van der Waals surface area contributed by atoms with Crippen molar-refractivity contribution in [3.63, 3.8) is 0 Å². The lowest BCUT2D eigenvalue weighted by Gasteiger charge is -2.38. The third kappa shape index (κ3) is 3.62. The van der Waals surface area contributed by atoms with Gasteiger partial charge >= 0.3 is 0 Å². The van der Waals surface area contributed by atoms with Gasteiger partial charge in [-0.1, -0.05) is 54.6 Å². The fourth-order valence-electron chi connectivity index (χ4n) is 4.30. The summed E-state index contributed by atoms with van der Waals surface area (Å²) in [4.78, 5) is 13.6. The predicted molar refractivity (Wildman–Crippen MR) is 129 cm³/mol. The van der Waals surface area contributed by atoms with Gasteiger partial charge in [0.15, 0.2) is 0 Å². The monoisotopic (exact) mass is 433 g/mol. The Labute approximate surface area is 191 Å². The Morgan fingerprint density at radius 3 is 2.39 bits per heavy atom. The van der Waals surface area contributed by atoms with E-state index in [-0.39, 0.29) is 5.54 Å². The van der Waals surface area contributed by atoms with E-state index in [1.807, 2.05) is 36.5 Å². The predicted octanol–water partition coefficient (Wildman–Crippen LogP) is 4.93. The fourth-order valence-corrected chi connectivity index (χ4v) is 4.30. The normalized spacial score (nSPS) is 14.7. The maximum absolute atomic E-state index is 6.53. The quantitative estimate of drug-likeness (QED) is 0.408. The topological polar surface area (TPSA) is 94.0 Å². The zero-order chi connectivity index (χ0) is 22.3. The molecule has 0 aliphatic heterocycles. The summed E-state index contributed by atoms with van der Waals surface area (Å²) in [5.41, 5.74) is 12.3. The molecule has 1 aliphatic rings. The van der Waals surface area contributed by atoms with Crippen molar-refractivity contribution in [1.82, 2.24) is 24.6 Å². The van der Waals surface area contributed by atoms with Gasteiger partial charge in [0.25, 0.3) is 5.78 Å². The number of nitrogens with two attached hydrogens (primary N) is 1. The van der Waals surface area contributed by atoms with Crippen molar-refractivity contribution in [3.05, 3.63) is 90.9 Å². The van der Waals surface area contributed by atoms with E-state index in [0.29, 0.717) is 11.7 Å². The van der Waals surface area contributed by atoms with Gasteiger partial charge in [-0.15, -0.1) is 5.10 Å². The first-order chi connectivity index (χ1) is 16.2. The molecule has 0 bridgehead atoms. The van der Waals surface area contributed by atoms with E-state index in [0.717, 1.165) is 40.9 Å². The highest BCUT2D eigenvalue weighted by Crippen LogP contribution is 2.39. The lowest BCUT2D eigenvalue weighted by molar-refractivity contribution is 0.253. The van der Waals surface area contributed by atoms with Crippen LogP contribution < -0.4 is 11.1 Å². The number of nitrogens with zero attached hydrogens (tertiary/aromatic N) is 5. The van der Waals surface area contributed by atoms with Gasteiger partial charge in [0.05, 0.1) is 17.6 Å². The molecular weight excluding hydrogens is 410 g/mol. The van der Waals surface area contributed by atoms with Crippen LogP contribution in [0.25, 0.3) is 28.2 Å². The fraction of sp³-hybridized carbons (Fsp3) is 0.154. The summed E-state index contributed by atoms with van der Waals surface area (Å²) in [5.74, 6) is 0.992. The average molecular weight is 434 g/mol. The van der Waals surface area contributed by atoms with E-state index in [1.54, 1.807) is 16.9 Å². The molecule has 3 aromatic heterocycles. The Kier molecular flexibility index (Phi) is 4.62. The molecule has 2 aromatic carbocycles. The molecular formula is C26H23N7. The molecule has 1 aliphatic carbocycles. The lowest BCUT2D eigenvalue weighted by Crippen LogP contribution is -2.43. The Bertz CT molecular complexity index is 1410. The van der Waals surface area contributed by atoms with E-state index < -0.39 is 0 Å². The summed E-state index contributed by atoms with van der Waals surface area (Å²) >= 11 is 0. The second-order valence-electron chi connectivity index (χ2n) is 8.50. The van der Waals surface area contributed by atoms with E-state index in [2.05, 4.69) is 56.8 Å². The lowest BCUT2D eigenvalue weighted by atomic mass is 9.72. The minimum Gasteiger partial charge on any atom is -0.321 e. The molecule has 3 N–H and O–H groups in total. The van der Waals surface area contributed by atoms with Crippen molar-refractivity contribution >= 4 is 17.4 Å². The first-order valence-electron chi connectivity index (χ1n) is 11.1. The third-order valence-electron chi connectivity index (χ3n) is 6.31. The molecule has 0 saturated heterocycles. The summed E-state index contributed by atoms with van der Waals surface area (Å²) < 4.78 is 1.71. The number of hydrogen-bond donors (Lipinski definition) is 2. The van der Waals surface area contributed by atoms with Crippen LogP contribution in [0, 0.1) is 0 Å². The molecule has 3 heterocycles. The van der Waals surface area contributed by atoms with Gasteiger partial charge in [0, 0.05) is 29.1 Å². The Hall–Kier alpha value is -4.10. The van der Waals surface area contributed by atoms with Crippen LogP contribution in [-0.4, -0.2) is 24.6 Å². The van der Waals surface area contributed by atoms with Crippen LogP contribution >= 0.6 is 0 Å². The first-order valence-corrected chi connectivity index (χ1v) is 11.1. The summed E-state index contributed by atoms with van der Waals surface area (Å²) in [6.45, 7) is 0. The van der Waals surface area contributed by atoms with E-state index >= 15 is 0 Å². The van der Waals surface area contributed by atoms with Crippen LogP contribution in [0.2, 0.25) is 0 Å². The van der Waals surface area contributed by atoms with Gasteiger partial charge in [0.2, 0.25) is 5.95 Å². The van der Waals surface area contributed by atoms with Crippen molar-refractivity contribution < 1.29 is 0 Å². The maximum Gasteiger partial charge on any atom is 0.254 e. The van der Waals surface area contributed by atoms with Crippen LogP contribution in [-0.2, 0) is 5.54 Å². The van der Waals surface area contributed by atoms with Gasteiger partial charge < -0.3 is 11.1 Å². The highest BCUT2D eigenvalue weighted by Gasteiger charge is 2.34. The van der Waals surface area contributed by atoms with Crippen LogP contribution in [0.5, 0.6) is 0 Å². The Morgan fingerprint density at radius 1 is 0.879 bits per heavy atom. The molecule has 0 unspecified atom stereocenters. The number of aromatic nitrogens is 5. The molecule has 0 spiro atoms. The number of hydrogen-bond acceptors (Lipinski definition) is 6. The molecule has 162 valence electrons. The van der Waals surface area contributed by atoms with Gasteiger partial charge in [0.1, 0.15) is 0 Å². The van der Waals surface area contributed by atoms with Crippen LogP contribution in [0.1, 0.15) is 24.8 Å². The molecule has 1 fully saturated rings. The first kappa shape index (κ1) is 19.6. The molecule has 5 aromatic rings. The SMILES string of the molecule is NC1(c2ccc(-c3nc4nc(Nc5cccnc5)nn4cc3-c3ccccc3)cc2)CCC1. The van der Waals surface area contributed by atoms with Crippen molar-refractivity contribution in [1.29, 1.82) is 0 Å². The van der Waals surface area contributed by atoms with Crippen molar-refractivity contribution in [2.45, 2.75) is 24.8 Å². The Balaban J connectivity index is 1.44. The highest BCUT2D eigenvalue weighted by atomic mass is 15.4. The highest BCUT2D eigenvalue weighted by molar-refractivity contribution is 5.81. The van der Waals surface area contributed by atoms with Gasteiger partial charge in [-0.2, -0.15) is 4.98 Å². The Morgan fingerprint density at radius 2 is 1.70 bits per heavy atom. The van der Waals surface area contributed by atoms with Crippen LogP contribution in [0.4, 0.5) is 11.6 Å². The van der Waals surface area contributed by atoms with Crippen LogP contribution in [0.3, 0.4) is 0 Å². The zero-order valence-electron chi connectivity index (χ0n) is 18.0.